The predicted molar refractivity (Wildman–Crippen MR) is 128 cm³/mol. The summed E-state index contributed by atoms with van der Waals surface area (Å²) in [6.07, 6.45) is 4.69. The summed E-state index contributed by atoms with van der Waals surface area (Å²) in [4.78, 5) is 31.9. The van der Waals surface area contributed by atoms with Crippen molar-refractivity contribution in [1.29, 1.82) is 0 Å². The summed E-state index contributed by atoms with van der Waals surface area (Å²) in [6, 6.07) is 23.9. The van der Waals surface area contributed by atoms with Gasteiger partial charge in [-0.05, 0) is 42.7 Å². The third kappa shape index (κ3) is 4.51. The zero-order valence-corrected chi connectivity index (χ0v) is 18.4. The van der Waals surface area contributed by atoms with E-state index in [9.17, 15) is 9.59 Å². The molecular formula is C27H26N4O2. The first-order valence-corrected chi connectivity index (χ1v) is 11.3. The van der Waals surface area contributed by atoms with Crippen LogP contribution in [0.5, 0.6) is 0 Å². The summed E-state index contributed by atoms with van der Waals surface area (Å²) >= 11 is 0. The monoisotopic (exact) mass is 438 g/mol. The van der Waals surface area contributed by atoms with Crippen LogP contribution in [-0.4, -0.2) is 45.4 Å². The molecule has 1 fully saturated rings. The van der Waals surface area contributed by atoms with Gasteiger partial charge in [-0.25, -0.2) is 0 Å². The minimum atomic E-state index is -0.115. The predicted octanol–water partition coefficient (Wildman–Crippen LogP) is 4.12. The summed E-state index contributed by atoms with van der Waals surface area (Å²) in [7, 11) is 0. The Hall–Kier alpha value is -3.93. The smallest absolute Gasteiger partial charge is 0.270 e. The molecule has 0 aliphatic carbocycles. The van der Waals surface area contributed by atoms with E-state index in [1.165, 1.54) is 0 Å². The highest BCUT2D eigenvalue weighted by molar-refractivity contribution is 5.99. The Kier molecular flexibility index (Phi) is 5.89. The van der Waals surface area contributed by atoms with E-state index in [4.69, 9.17) is 0 Å². The minimum absolute atomic E-state index is 0.0409. The van der Waals surface area contributed by atoms with E-state index in [0.29, 0.717) is 30.9 Å². The lowest BCUT2D eigenvalue weighted by atomic mass is 10.0. The highest BCUT2D eigenvalue weighted by atomic mass is 16.2. The number of aromatic nitrogens is 2. The van der Waals surface area contributed by atoms with Crippen molar-refractivity contribution in [2.24, 2.45) is 0 Å². The number of amides is 2. The van der Waals surface area contributed by atoms with Gasteiger partial charge in [-0.15, -0.1) is 0 Å². The molecule has 5 rings (SSSR count). The van der Waals surface area contributed by atoms with Crippen molar-refractivity contribution in [3.63, 3.8) is 0 Å². The van der Waals surface area contributed by atoms with Gasteiger partial charge in [0.25, 0.3) is 11.8 Å². The second-order valence-electron chi connectivity index (χ2n) is 8.44. The topological polar surface area (TPSA) is 67.2 Å². The summed E-state index contributed by atoms with van der Waals surface area (Å²) in [5.41, 5.74) is 3.48. The van der Waals surface area contributed by atoms with E-state index >= 15 is 0 Å². The van der Waals surface area contributed by atoms with E-state index in [-0.39, 0.29) is 17.9 Å². The fraction of sp³-hybridized carbons (Fsp3) is 0.222. The Morgan fingerprint density at radius 2 is 1.70 bits per heavy atom. The van der Waals surface area contributed by atoms with Crippen molar-refractivity contribution in [2.75, 3.05) is 13.1 Å². The molecule has 6 nitrogen and oxygen atoms in total. The number of benzene rings is 2. The van der Waals surface area contributed by atoms with E-state index in [1.807, 2.05) is 47.4 Å². The van der Waals surface area contributed by atoms with Gasteiger partial charge in [0, 0.05) is 49.0 Å². The quantitative estimate of drug-likeness (QED) is 0.510. The number of nitrogens with one attached hydrogen (secondary N) is 1. The molecule has 2 amide bonds. The summed E-state index contributed by atoms with van der Waals surface area (Å²) < 4.78 is 2.11. The first kappa shape index (κ1) is 20.9. The Morgan fingerprint density at radius 1 is 0.939 bits per heavy atom. The number of carbonyl (C=O) groups excluding carboxylic acids is 2. The van der Waals surface area contributed by atoms with Crippen LogP contribution in [0.3, 0.4) is 0 Å². The van der Waals surface area contributed by atoms with Crippen LogP contribution >= 0.6 is 0 Å². The molecule has 1 saturated heterocycles. The number of hydrogen-bond acceptors (Lipinski definition) is 3. The average molecular weight is 439 g/mol. The normalized spacial score (nSPS) is 14.4. The molecule has 1 aliphatic rings. The minimum Gasteiger partial charge on any atom is -0.349 e. The molecule has 0 unspecified atom stereocenters. The molecule has 2 aromatic carbocycles. The maximum absolute atomic E-state index is 13.5. The summed E-state index contributed by atoms with van der Waals surface area (Å²) in [6.45, 7) is 1.88. The summed E-state index contributed by atoms with van der Waals surface area (Å²) in [5.74, 6) is -0.0740. The van der Waals surface area contributed by atoms with Crippen LogP contribution in [0.15, 0.2) is 85.2 Å². The first-order chi connectivity index (χ1) is 16.2. The second-order valence-corrected chi connectivity index (χ2v) is 8.44. The fourth-order valence-corrected chi connectivity index (χ4v) is 4.48. The largest absolute Gasteiger partial charge is 0.349 e. The Balaban J connectivity index is 1.30. The molecule has 6 heteroatoms. The standard InChI is InChI=1S/C27H26N4O2/c32-26(22-10-6-14-28-18-22)29-23-12-15-30(16-13-23)27(33)25-17-21-9-4-5-11-24(21)31(25)19-20-7-2-1-3-8-20/h1-11,14,17-18,23H,12-13,15-16,19H2,(H,29,32). The van der Waals surface area contributed by atoms with Gasteiger partial charge in [0.2, 0.25) is 0 Å². The molecule has 4 aromatic rings. The van der Waals surface area contributed by atoms with Crippen LogP contribution in [0, 0.1) is 0 Å². The highest BCUT2D eigenvalue weighted by Gasteiger charge is 2.27. The number of piperidine rings is 1. The van der Waals surface area contributed by atoms with Crippen molar-refractivity contribution < 1.29 is 9.59 Å². The van der Waals surface area contributed by atoms with Crippen molar-refractivity contribution in [2.45, 2.75) is 25.4 Å². The molecule has 1 aliphatic heterocycles. The molecule has 0 radical (unpaired) electrons. The number of rotatable bonds is 5. The summed E-state index contributed by atoms with van der Waals surface area (Å²) in [5, 5.41) is 4.14. The number of pyridine rings is 1. The van der Waals surface area contributed by atoms with Crippen LogP contribution < -0.4 is 5.32 Å². The van der Waals surface area contributed by atoms with Gasteiger partial charge in [-0.3, -0.25) is 14.6 Å². The molecule has 166 valence electrons. The lowest BCUT2D eigenvalue weighted by molar-refractivity contribution is 0.0688. The Bertz CT molecular complexity index is 1260. The van der Waals surface area contributed by atoms with Gasteiger partial charge in [-0.2, -0.15) is 0 Å². The highest BCUT2D eigenvalue weighted by Crippen LogP contribution is 2.24. The van der Waals surface area contributed by atoms with Crippen LogP contribution in [0.25, 0.3) is 10.9 Å². The number of para-hydroxylation sites is 1. The number of hydrogen-bond donors (Lipinski definition) is 1. The zero-order valence-electron chi connectivity index (χ0n) is 18.4. The van der Waals surface area contributed by atoms with Crippen molar-refractivity contribution in [3.8, 4) is 0 Å². The van der Waals surface area contributed by atoms with Gasteiger partial charge in [0.05, 0.1) is 5.56 Å². The van der Waals surface area contributed by atoms with Gasteiger partial charge in [0.15, 0.2) is 0 Å². The molecule has 1 N–H and O–H groups in total. The van der Waals surface area contributed by atoms with Crippen LogP contribution in [0.4, 0.5) is 0 Å². The van der Waals surface area contributed by atoms with Crippen LogP contribution in [-0.2, 0) is 6.54 Å². The molecule has 0 bridgehead atoms. The SMILES string of the molecule is O=C(NC1CCN(C(=O)c2cc3ccccc3n2Cc2ccccc2)CC1)c1cccnc1. The first-order valence-electron chi connectivity index (χ1n) is 11.3. The lowest BCUT2D eigenvalue weighted by Gasteiger charge is -2.32. The van der Waals surface area contributed by atoms with Gasteiger partial charge < -0.3 is 14.8 Å². The van der Waals surface area contributed by atoms with E-state index in [0.717, 1.165) is 29.3 Å². The van der Waals surface area contributed by atoms with E-state index < -0.39 is 0 Å². The van der Waals surface area contributed by atoms with E-state index in [1.54, 1.807) is 24.5 Å². The Morgan fingerprint density at radius 3 is 2.45 bits per heavy atom. The van der Waals surface area contributed by atoms with Crippen LogP contribution in [0.1, 0.15) is 39.3 Å². The van der Waals surface area contributed by atoms with Gasteiger partial charge in [-0.1, -0.05) is 48.5 Å². The molecule has 2 aromatic heterocycles. The molecule has 33 heavy (non-hydrogen) atoms. The molecule has 0 spiro atoms. The lowest BCUT2D eigenvalue weighted by Crippen LogP contribution is -2.46. The fourth-order valence-electron chi connectivity index (χ4n) is 4.48. The third-order valence-electron chi connectivity index (χ3n) is 6.25. The maximum Gasteiger partial charge on any atom is 0.270 e. The molecule has 3 heterocycles. The van der Waals surface area contributed by atoms with Crippen molar-refractivity contribution >= 4 is 22.7 Å². The van der Waals surface area contributed by atoms with Crippen molar-refractivity contribution in [1.82, 2.24) is 19.8 Å². The van der Waals surface area contributed by atoms with Gasteiger partial charge in [0.1, 0.15) is 5.69 Å². The number of nitrogens with zero attached hydrogens (tertiary/aromatic N) is 3. The average Bonchev–Trinajstić information content (AvgIpc) is 3.23. The number of carbonyl (C=O) groups is 2. The molecule has 0 saturated carbocycles. The molecular weight excluding hydrogens is 412 g/mol. The van der Waals surface area contributed by atoms with Crippen molar-refractivity contribution in [3.05, 3.63) is 102 Å². The maximum atomic E-state index is 13.5. The van der Waals surface area contributed by atoms with Gasteiger partial charge >= 0.3 is 0 Å². The third-order valence-corrected chi connectivity index (χ3v) is 6.25. The number of fused-ring (bicyclic) bond motifs is 1. The zero-order chi connectivity index (χ0) is 22.6. The van der Waals surface area contributed by atoms with Crippen LogP contribution in [0.2, 0.25) is 0 Å². The molecule has 0 atom stereocenters. The van der Waals surface area contributed by atoms with E-state index in [2.05, 4.69) is 33.1 Å². The second kappa shape index (κ2) is 9.28. The Labute approximate surface area is 192 Å². The number of likely N-dealkylation sites (tertiary alicyclic amines) is 1.